The molecule has 142 valence electrons. The smallest absolute Gasteiger partial charge is 0.313 e. The minimum Gasteiger partial charge on any atom is -0.448 e. The molecule has 0 unspecified atom stereocenters. The van der Waals surface area contributed by atoms with Crippen molar-refractivity contribution in [1.82, 2.24) is 4.57 Å². The van der Waals surface area contributed by atoms with Gasteiger partial charge in [-0.1, -0.05) is 13.8 Å². The van der Waals surface area contributed by atoms with E-state index in [2.05, 4.69) is 4.99 Å². The molecular formula is C19H26N2O4S. The molecule has 0 radical (unpaired) electrons. The fourth-order valence-electron chi connectivity index (χ4n) is 4.63. The van der Waals surface area contributed by atoms with Gasteiger partial charge in [0.15, 0.2) is 10.4 Å². The van der Waals surface area contributed by atoms with Crippen molar-refractivity contribution >= 4 is 23.2 Å². The van der Waals surface area contributed by atoms with Crippen molar-refractivity contribution in [3.8, 4) is 0 Å². The van der Waals surface area contributed by atoms with Gasteiger partial charge in [0, 0.05) is 23.1 Å². The third kappa shape index (κ3) is 2.29. The van der Waals surface area contributed by atoms with E-state index in [1.165, 1.54) is 11.3 Å². The number of rotatable bonds is 3. The van der Waals surface area contributed by atoms with Gasteiger partial charge < -0.3 is 14.0 Å². The summed E-state index contributed by atoms with van der Waals surface area (Å²) in [4.78, 5) is 31.8. The van der Waals surface area contributed by atoms with Crippen molar-refractivity contribution in [1.29, 1.82) is 0 Å². The third-order valence-electron chi connectivity index (χ3n) is 6.89. The quantitative estimate of drug-likeness (QED) is 0.758. The van der Waals surface area contributed by atoms with E-state index in [-0.39, 0.29) is 18.0 Å². The van der Waals surface area contributed by atoms with Crippen molar-refractivity contribution in [2.75, 3.05) is 6.61 Å². The van der Waals surface area contributed by atoms with E-state index in [9.17, 15) is 9.59 Å². The zero-order chi connectivity index (χ0) is 18.7. The molecule has 0 aromatic carbocycles. The largest absolute Gasteiger partial charge is 0.448 e. The average Bonchev–Trinajstić information content (AvgIpc) is 3.26. The number of esters is 1. The van der Waals surface area contributed by atoms with E-state index in [1.807, 2.05) is 38.5 Å². The summed E-state index contributed by atoms with van der Waals surface area (Å²) in [6.07, 6.45) is 5.50. The number of thiazole rings is 1. The topological polar surface area (TPSA) is 69.9 Å². The van der Waals surface area contributed by atoms with Gasteiger partial charge in [0.1, 0.15) is 0 Å². The molecule has 26 heavy (non-hydrogen) atoms. The van der Waals surface area contributed by atoms with E-state index in [0.717, 1.165) is 24.3 Å². The predicted molar refractivity (Wildman–Crippen MR) is 96.5 cm³/mol. The lowest BCUT2D eigenvalue weighted by Crippen LogP contribution is -2.47. The molecule has 0 spiro atoms. The minimum absolute atomic E-state index is 0.173. The fraction of sp³-hybridized carbons (Fsp3) is 0.737. The van der Waals surface area contributed by atoms with Crippen LogP contribution in [0.3, 0.4) is 0 Å². The van der Waals surface area contributed by atoms with Gasteiger partial charge in [0.2, 0.25) is 0 Å². The number of hydrogen-bond donors (Lipinski definition) is 0. The number of hydrogen-bond acceptors (Lipinski definition) is 5. The van der Waals surface area contributed by atoms with Gasteiger partial charge in [-0.25, -0.2) is 0 Å². The Kier molecular flexibility index (Phi) is 3.97. The highest BCUT2D eigenvalue weighted by Gasteiger charge is 2.75. The Hall–Kier alpha value is -1.47. The second-order valence-electron chi connectivity index (χ2n) is 8.50. The number of nitrogens with zero attached hydrogens (tertiary/aromatic N) is 2. The molecule has 2 saturated heterocycles. The zero-order valence-corrected chi connectivity index (χ0v) is 16.6. The van der Waals surface area contributed by atoms with E-state index >= 15 is 0 Å². The highest BCUT2D eigenvalue weighted by atomic mass is 32.1. The van der Waals surface area contributed by atoms with Crippen LogP contribution in [0.1, 0.15) is 51.3 Å². The number of ether oxygens (including phenoxy) is 2. The van der Waals surface area contributed by atoms with Crippen LogP contribution in [0.15, 0.2) is 11.2 Å². The first-order valence-electron chi connectivity index (χ1n) is 9.31. The maximum Gasteiger partial charge on any atom is 0.313 e. The second kappa shape index (κ2) is 5.76. The van der Waals surface area contributed by atoms with Gasteiger partial charge in [0.25, 0.3) is 5.91 Å². The van der Waals surface area contributed by atoms with Crippen LogP contribution in [0.5, 0.6) is 0 Å². The van der Waals surface area contributed by atoms with Gasteiger partial charge in [0.05, 0.1) is 18.1 Å². The number of fused-ring (bicyclic) bond motifs is 2. The molecule has 1 aromatic heterocycles. The molecule has 3 heterocycles. The summed E-state index contributed by atoms with van der Waals surface area (Å²) in [7, 11) is 0. The van der Waals surface area contributed by atoms with Crippen LogP contribution in [-0.4, -0.2) is 34.8 Å². The third-order valence-corrected chi connectivity index (χ3v) is 7.82. The first-order valence-corrected chi connectivity index (χ1v) is 10.1. The van der Waals surface area contributed by atoms with E-state index in [1.54, 1.807) is 0 Å². The van der Waals surface area contributed by atoms with Crippen molar-refractivity contribution in [3.05, 3.63) is 15.9 Å². The first-order chi connectivity index (χ1) is 12.2. The van der Waals surface area contributed by atoms with Crippen LogP contribution in [0.25, 0.3) is 0 Å². The normalized spacial score (nSPS) is 35.9. The number of aryl methyl sites for hydroxylation is 1. The molecule has 3 atom stereocenters. The molecule has 1 saturated carbocycles. The molecule has 3 aliphatic rings. The first kappa shape index (κ1) is 17.9. The maximum atomic E-state index is 13.2. The monoisotopic (exact) mass is 378 g/mol. The van der Waals surface area contributed by atoms with Gasteiger partial charge >= 0.3 is 5.97 Å². The van der Waals surface area contributed by atoms with Crippen LogP contribution < -0.4 is 4.80 Å². The Morgan fingerprint density at radius 3 is 2.73 bits per heavy atom. The van der Waals surface area contributed by atoms with Gasteiger partial charge in [-0.3, -0.25) is 9.59 Å². The second-order valence-corrected chi connectivity index (χ2v) is 9.72. The summed E-state index contributed by atoms with van der Waals surface area (Å²) < 4.78 is 13.4. The standard InChI is InChI=1S/C19H26N2O4S/c1-12-10-21(11-13-6-5-9-24-13)16(26-12)20-14(22)19-8-7-18(4,15(23)25-19)17(19,2)3/h10,13H,5-9,11H2,1-4H3/b20-16-/t13-,18-,19+/m1/s1. The van der Waals surface area contributed by atoms with Crippen molar-refractivity contribution < 1.29 is 19.1 Å². The lowest BCUT2D eigenvalue weighted by Gasteiger charge is -2.33. The van der Waals surface area contributed by atoms with Crippen molar-refractivity contribution in [3.63, 3.8) is 0 Å². The molecule has 6 nitrogen and oxygen atoms in total. The molecular weight excluding hydrogens is 352 g/mol. The Labute approximate surface area is 157 Å². The van der Waals surface area contributed by atoms with Crippen molar-refractivity contribution in [2.24, 2.45) is 15.8 Å². The Bertz CT molecular complexity index is 833. The van der Waals surface area contributed by atoms with Gasteiger partial charge in [-0.2, -0.15) is 4.99 Å². The number of carbonyl (C=O) groups is 2. The van der Waals surface area contributed by atoms with Crippen LogP contribution in [0.2, 0.25) is 0 Å². The highest BCUT2D eigenvalue weighted by Crippen LogP contribution is 2.65. The van der Waals surface area contributed by atoms with Crippen molar-refractivity contribution in [2.45, 2.75) is 71.6 Å². The Morgan fingerprint density at radius 2 is 2.15 bits per heavy atom. The minimum atomic E-state index is -1.14. The zero-order valence-electron chi connectivity index (χ0n) is 15.8. The van der Waals surface area contributed by atoms with Crippen LogP contribution in [0, 0.1) is 17.8 Å². The van der Waals surface area contributed by atoms with Gasteiger partial charge in [-0.05, 0) is 39.5 Å². The average molecular weight is 378 g/mol. The number of amides is 1. The van der Waals surface area contributed by atoms with Crippen LogP contribution in [-0.2, 0) is 25.6 Å². The lowest BCUT2D eigenvalue weighted by atomic mass is 9.66. The number of aromatic nitrogens is 1. The molecule has 1 amide bonds. The summed E-state index contributed by atoms with van der Waals surface area (Å²) in [5.41, 5.74) is -2.32. The Morgan fingerprint density at radius 1 is 1.38 bits per heavy atom. The van der Waals surface area contributed by atoms with E-state index < -0.39 is 16.4 Å². The lowest BCUT2D eigenvalue weighted by molar-refractivity contribution is -0.166. The SMILES string of the molecule is Cc1cn(C[C@H]2CCCO2)/c(=N/C(=O)[C@]23CC[C@](C)(C(=O)O2)C3(C)C)s1. The van der Waals surface area contributed by atoms with E-state index in [4.69, 9.17) is 9.47 Å². The molecule has 3 fully saturated rings. The summed E-state index contributed by atoms with van der Waals surface area (Å²) in [5.74, 6) is -0.605. The maximum absolute atomic E-state index is 13.2. The molecule has 7 heteroatoms. The fourth-order valence-corrected chi connectivity index (χ4v) is 5.47. The van der Waals surface area contributed by atoms with Crippen LogP contribution >= 0.6 is 11.3 Å². The highest BCUT2D eigenvalue weighted by molar-refractivity contribution is 7.09. The summed E-state index contributed by atoms with van der Waals surface area (Å²) in [5, 5.41) is 0. The summed E-state index contributed by atoms with van der Waals surface area (Å²) >= 11 is 1.49. The molecule has 0 N–H and O–H groups in total. The summed E-state index contributed by atoms with van der Waals surface area (Å²) in [6, 6.07) is 0. The molecule has 1 aliphatic carbocycles. The predicted octanol–water partition coefficient (Wildman–Crippen LogP) is 2.59. The number of carbonyl (C=O) groups excluding carboxylic acids is 2. The molecule has 4 rings (SSSR count). The molecule has 1 aromatic rings. The van der Waals surface area contributed by atoms with Crippen LogP contribution in [0.4, 0.5) is 0 Å². The Balaban J connectivity index is 1.69. The van der Waals surface area contributed by atoms with E-state index in [0.29, 0.717) is 24.2 Å². The molecule has 2 aliphatic heterocycles. The summed E-state index contributed by atoms with van der Waals surface area (Å²) in [6.45, 7) is 9.32. The van der Waals surface area contributed by atoms with Gasteiger partial charge in [-0.15, -0.1) is 11.3 Å². The molecule has 2 bridgehead atoms.